The van der Waals surface area contributed by atoms with Crippen molar-refractivity contribution in [1.29, 1.82) is 0 Å². The Bertz CT molecular complexity index is 845. The molecule has 1 aliphatic heterocycles. The number of para-hydroxylation sites is 1. The Morgan fingerprint density at radius 1 is 1.16 bits per heavy atom. The zero-order chi connectivity index (χ0) is 17.8. The average molecular weight is 338 g/mol. The fourth-order valence-electron chi connectivity index (χ4n) is 2.55. The average Bonchev–Trinajstić information content (AvgIpc) is 2.61. The van der Waals surface area contributed by atoms with Crippen molar-refractivity contribution in [2.75, 3.05) is 17.2 Å². The van der Waals surface area contributed by atoms with Gasteiger partial charge in [-0.1, -0.05) is 18.2 Å². The van der Waals surface area contributed by atoms with E-state index in [1.54, 1.807) is 18.2 Å². The second kappa shape index (κ2) is 7.17. The maximum absolute atomic E-state index is 12.3. The van der Waals surface area contributed by atoms with E-state index in [1.165, 1.54) is 0 Å². The molecule has 0 spiro atoms. The Morgan fingerprint density at radius 2 is 1.96 bits per heavy atom. The Balaban J connectivity index is 1.59. The molecule has 1 aliphatic rings. The van der Waals surface area contributed by atoms with Gasteiger partial charge in [-0.3, -0.25) is 14.4 Å². The SMILES string of the molecule is Cc1ccccc1NC(=O)CCC(=O)c1ccc2c(c1)NC(=O)CO2. The van der Waals surface area contributed by atoms with Gasteiger partial charge in [0.1, 0.15) is 5.75 Å². The number of ether oxygens (including phenoxy) is 1. The zero-order valence-corrected chi connectivity index (χ0v) is 13.8. The summed E-state index contributed by atoms with van der Waals surface area (Å²) in [6, 6.07) is 12.3. The van der Waals surface area contributed by atoms with Crippen LogP contribution < -0.4 is 15.4 Å². The molecule has 2 aromatic carbocycles. The van der Waals surface area contributed by atoms with Gasteiger partial charge in [0.05, 0.1) is 5.69 Å². The quantitative estimate of drug-likeness (QED) is 0.821. The lowest BCUT2D eigenvalue weighted by atomic mass is 10.0. The van der Waals surface area contributed by atoms with E-state index in [0.29, 0.717) is 17.0 Å². The van der Waals surface area contributed by atoms with Crippen molar-refractivity contribution >= 4 is 29.0 Å². The molecule has 0 aliphatic carbocycles. The van der Waals surface area contributed by atoms with Crippen molar-refractivity contribution in [2.45, 2.75) is 19.8 Å². The Hall–Kier alpha value is -3.15. The van der Waals surface area contributed by atoms with Gasteiger partial charge < -0.3 is 15.4 Å². The minimum Gasteiger partial charge on any atom is -0.482 e. The van der Waals surface area contributed by atoms with Gasteiger partial charge >= 0.3 is 0 Å². The first-order valence-corrected chi connectivity index (χ1v) is 7.98. The maximum Gasteiger partial charge on any atom is 0.262 e. The molecule has 0 fully saturated rings. The fraction of sp³-hybridized carbons (Fsp3) is 0.211. The first-order valence-electron chi connectivity index (χ1n) is 7.98. The summed E-state index contributed by atoms with van der Waals surface area (Å²) in [6.45, 7) is 1.88. The van der Waals surface area contributed by atoms with E-state index in [2.05, 4.69) is 10.6 Å². The summed E-state index contributed by atoms with van der Waals surface area (Å²) < 4.78 is 5.26. The summed E-state index contributed by atoms with van der Waals surface area (Å²) in [5.41, 5.74) is 2.63. The highest BCUT2D eigenvalue weighted by atomic mass is 16.5. The molecule has 6 nitrogen and oxygen atoms in total. The van der Waals surface area contributed by atoms with Crippen molar-refractivity contribution < 1.29 is 19.1 Å². The van der Waals surface area contributed by atoms with Gasteiger partial charge in [0.15, 0.2) is 12.4 Å². The van der Waals surface area contributed by atoms with Gasteiger partial charge in [-0.15, -0.1) is 0 Å². The highest BCUT2D eigenvalue weighted by molar-refractivity contribution is 6.02. The third kappa shape index (κ3) is 4.03. The number of hydrogen-bond donors (Lipinski definition) is 2. The predicted octanol–water partition coefficient (Wildman–Crippen LogP) is 2.93. The molecule has 0 bridgehead atoms. The molecule has 2 amide bonds. The van der Waals surface area contributed by atoms with Crippen molar-refractivity contribution in [1.82, 2.24) is 0 Å². The molecular weight excluding hydrogens is 320 g/mol. The van der Waals surface area contributed by atoms with Crippen molar-refractivity contribution in [3.63, 3.8) is 0 Å². The van der Waals surface area contributed by atoms with E-state index in [4.69, 9.17) is 4.74 Å². The highest BCUT2D eigenvalue weighted by Crippen LogP contribution is 2.29. The number of rotatable bonds is 5. The standard InChI is InChI=1S/C19H18N2O4/c1-12-4-2-3-5-14(12)20-18(23)9-7-16(22)13-6-8-17-15(10-13)21-19(24)11-25-17/h2-6,8,10H,7,9,11H2,1H3,(H,20,23)(H,21,24). The van der Waals surface area contributed by atoms with Crippen LogP contribution >= 0.6 is 0 Å². The second-order valence-corrected chi connectivity index (χ2v) is 5.83. The third-order valence-electron chi connectivity index (χ3n) is 3.93. The summed E-state index contributed by atoms with van der Waals surface area (Å²) in [5.74, 6) is -0.0945. The number of amides is 2. The first kappa shape index (κ1) is 16.7. The molecular formula is C19H18N2O4. The zero-order valence-electron chi connectivity index (χ0n) is 13.8. The van der Waals surface area contributed by atoms with Crippen LogP contribution in [0.4, 0.5) is 11.4 Å². The normalized spacial score (nSPS) is 12.6. The number of Topliss-reactive ketones (excluding diaryl/α,β-unsaturated/α-hetero) is 1. The van der Waals surface area contributed by atoms with Gasteiger partial charge in [0, 0.05) is 24.1 Å². The van der Waals surface area contributed by atoms with Gasteiger partial charge in [0.25, 0.3) is 5.91 Å². The summed E-state index contributed by atoms with van der Waals surface area (Å²) in [7, 11) is 0. The molecule has 0 radical (unpaired) electrons. The number of carbonyl (C=O) groups is 3. The Kier molecular flexibility index (Phi) is 4.79. The summed E-state index contributed by atoms with van der Waals surface area (Å²) in [5, 5.41) is 5.47. The van der Waals surface area contributed by atoms with Crippen LogP contribution in [0, 0.1) is 6.92 Å². The van der Waals surface area contributed by atoms with Crippen LogP contribution in [0.15, 0.2) is 42.5 Å². The largest absolute Gasteiger partial charge is 0.482 e. The van der Waals surface area contributed by atoms with Crippen LogP contribution in [0.1, 0.15) is 28.8 Å². The molecule has 3 rings (SSSR count). The smallest absolute Gasteiger partial charge is 0.262 e. The third-order valence-corrected chi connectivity index (χ3v) is 3.93. The number of anilines is 2. The van der Waals surface area contributed by atoms with Crippen molar-refractivity contribution in [3.8, 4) is 5.75 Å². The van der Waals surface area contributed by atoms with Crippen molar-refractivity contribution in [3.05, 3.63) is 53.6 Å². The van der Waals surface area contributed by atoms with E-state index in [1.807, 2.05) is 31.2 Å². The van der Waals surface area contributed by atoms with Gasteiger partial charge in [-0.2, -0.15) is 0 Å². The van der Waals surface area contributed by atoms with E-state index in [9.17, 15) is 14.4 Å². The molecule has 128 valence electrons. The van der Waals surface area contributed by atoms with Crippen LogP contribution in [0.2, 0.25) is 0 Å². The lowest BCUT2D eigenvalue weighted by molar-refractivity contribution is -0.118. The van der Waals surface area contributed by atoms with Crippen LogP contribution in [0.3, 0.4) is 0 Å². The predicted molar refractivity (Wildman–Crippen MR) is 93.9 cm³/mol. The second-order valence-electron chi connectivity index (χ2n) is 5.83. The maximum atomic E-state index is 12.3. The number of aryl methyl sites for hydroxylation is 1. The minimum atomic E-state index is -0.255. The number of ketones is 1. The minimum absolute atomic E-state index is 0.0284. The van der Waals surface area contributed by atoms with Gasteiger partial charge in [0.2, 0.25) is 5.91 Å². The van der Waals surface area contributed by atoms with Gasteiger partial charge in [-0.05, 0) is 36.8 Å². The fourth-order valence-corrected chi connectivity index (χ4v) is 2.55. The lowest BCUT2D eigenvalue weighted by Gasteiger charge is -2.18. The number of benzene rings is 2. The number of fused-ring (bicyclic) bond motifs is 1. The van der Waals surface area contributed by atoms with Crippen molar-refractivity contribution in [2.24, 2.45) is 0 Å². The van der Waals surface area contributed by atoms with Crippen LogP contribution in [-0.4, -0.2) is 24.2 Å². The molecule has 2 N–H and O–H groups in total. The van der Waals surface area contributed by atoms with E-state index < -0.39 is 0 Å². The molecule has 0 atom stereocenters. The molecule has 0 aromatic heterocycles. The Morgan fingerprint density at radius 3 is 2.76 bits per heavy atom. The number of carbonyl (C=O) groups excluding carboxylic acids is 3. The molecule has 2 aromatic rings. The van der Waals surface area contributed by atoms with E-state index >= 15 is 0 Å². The molecule has 1 heterocycles. The highest BCUT2D eigenvalue weighted by Gasteiger charge is 2.18. The molecule has 25 heavy (non-hydrogen) atoms. The summed E-state index contributed by atoms with van der Waals surface area (Å²) in [4.78, 5) is 35.7. The topological polar surface area (TPSA) is 84.5 Å². The number of hydrogen-bond acceptors (Lipinski definition) is 4. The number of nitrogens with one attached hydrogen (secondary N) is 2. The van der Waals surface area contributed by atoms with Crippen LogP contribution in [0.25, 0.3) is 0 Å². The van der Waals surface area contributed by atoms with Gasteiger partial charge in [-0.25, -0.2) is 0 Å². The van der Waals surface area contributed by atoms with Crippen LogP contribution in [-0.2, 0) is 9.59 Å². The molecule has 6 heteroatoms. The van der Waals surface area contributed by atoms with Crippen LogP contribution in [0.5, 0.6) is 5.75 Å². The Labute approximate surface area is 145 Å². The molecule has 0 unspecified atom stereocenters. The summed E-state index contributed by atoms with van der Waals surface area (Å²) >= 11 is 0. The summed E-state index contributed by atoms with van der Waals surface area (Å²) in [6.07, 6.45) is 0.179. The monoisotopic (exact) mass is 338 g/mol. The molecule has 0 saturated heterocycles. The van der Waals surface area contributed by atoms with E-state index in [-0.39, 0.29) is 37.0 Å². The van der Waals surface area contributed by atoms with E-state index in [0.717, 1.165) is 11.3 Å². The lowest BCUT2D eigenvalue weighted by Crippen LogP contribution is -2.25. The first-order chi connectivity index (χ1) is 12.0. The molecule has 0 saturated carbocycles.